The number of rotatable bonds is 6. The highest BCUT2D eigenvalue weighted by Gasteiger charge is 2.12. The molecule has 0 heterocycles. The van der Waals surface area contributed by atoms with Gasteiger partial charge in [0.1, 0.15) is 0 Å². The first-order valence-corrected chi connectivity index (χ1v) is 8.74. The summed E-state index contributed by atoms with van der Waals surface area (Å²) in [6.45, 7) is 0.430. The number of hydrazone groups is 2. The Morgan fingerprint density at radius 1 is 0.821 bits per heavy atom. The molecule has 1 amide bonds. The standard InChI is InChI=1S/C22H21N5O/c23-26-14-17-7-5-16(6-8-17)13-25-22(28)21-4-2-1-3-20(21)19-11-9-18(10-12-19)15-27-24/h1-12,14-15H,13,23-24H2,(H,25,28). The van der Waals surface area contributed by atoms with Gasteiger partial charge in [0, 0.05) is 12.1 Å². The molecule has 3 aromatic carbocycles. The lowest BCUT2D eigenvalue weighted by molar-refractivity contribution is 0.0951. The molecule has 3 rings (SSSR count). The minimum Gasteiger partial charge on any atom is -0.348 e. The number of nitrogens with one attached hydrogen (secondary N) is 1. The van der Waals surface area contributed by atoms with Crippen molar-refractivity contribution in [1.82, 2.24) is 5.32 Å². The molecule has 0 spiro atoms. The van der Waals surface area contributed by atoms with Gasteiger partial charge in [0.15, 0.2) is 0 Å². The van der Waals surface area contributed by atoms with Gasteiger partial charge in [-0.1, -0.05) is 66.7 Å². The summed E-state index contributed by atoms with van der Waals surface area (Å²) in [7, 11) is 0. The van der Waals surface area contributed by atoms with E-state index in [1.807, 2.05) is 72.8 Å². The largest absolute Gasteiger partial charge is 0.348 e. The fraction of sp³-hybridized carbons (Fsp3) is 0.0455. The van der Waals surface area contributed by atoms with Crippen molar-refractivity contribution in [2.45, 2.75) is 6.54 Å². The van der Waals surface area contributed by atoms with Crippen LogP contribution in [-0.2, 0) is 6.54 Å². The van der Waals surface area contributed by atoms with Crippen LogP contribution in [0.25, 0.3) is 11.1 Å². The van der Waals surface area contributed by atoms with Gasteiger partial charge in [0.25, 0.3) is 5.91 Å². The van der Waals surface area contributed by atoms with Crippen LogP contribution in [0.1, 0.15) is 27.0 Å². The molecule has 0 aliphatic heterocycles. The third-order valence-electron chi connectivity index (χ3n) is 4.27. The van der Waals surface area contributed by atoms with Crippen molar-refractivity contribution in [3.63, 3.8) is 0 Å². The van der Waals surface area contributed by atoms with Crippen LogP contribution in [0.4, 0.5) is 0 Å². The maximum Gasteiger partial charge on any atom is 0.252 e. The Morgan fingerprint density at radius 2 is 1.39 bits per heavy atom. The summed E-state index contributed by atoms with van der Waals surface area (Å²) in [5.41, 5.74) is 5.23. The Labute approximate surface area is 163 Å². The second kappa shape index (κ2) is 9.14. The molecule has 0 unspecified atom stereocenters. The molecule has 0 fully saturated rings. The molecule has 6 heteroatoms. The fourth-order valence-electron chi connectivity index (χ4n) is 2.85. The summed E-state index contributed by atoms with van der Waals surface area (Å²) in [6, 6.07) is 22.9. The van der Waals surface area contributed by atoms with Crippen molar-refractivity contribution >= 4 is 18.3 Å². The summed E-state index contributed by atoms with van der Waals surface area (Å²) in [5, 5.41) is 9.99. The van der Waals surface area contributed by atoms with Gasteiger partial charge in [-0.2, -0.15) is 10.2 Å². The lowest BCUT2D eigenvalue weighted by Gasteiger charge is -2.11. The van der Waals surface area contributed by atoms with Crippen molar-refractivity contribution in [3.8, 4) is 11.1 Å². The van der Waals surface area contributed by atoms with E-state index in [2.05, 4.69) is 15.5 Å². The van der Waals surface area contributed by atoms with Crippen molar-refractivity contribution in [3.05, 3.63) is 95.1 Å². The molecule has 3 aromatic rings. The van der Waals surface area contributed by atoms with Gasteiger partial charge in [-0.25, -0.2) is 0 Å². The Bertz CT molecular complexity index is 992. The van der Waals surface area contributed by atoms with E-state index in [1.54, 1.807) is 12.4 Å². The minimum absolute atomic E-state index is 0.129. The van der Waals surface area contributed by atoms with Gasteiger partial charge in [-0.3, -0.25) is 4.79 Å². The molecule has 28 heavy (non-hydrogen) atoms. The van der Waals surface area contributed by atoms with E-state index < -0.39 is 0 Å². The molecule has 0 bridgehead atoms. The molecule has 140 valence electrons. The molecule has 0 aliphatic rings. The van der Waals surface area contributed by atoms with Crippen LogP contribution in [0.15, 0.2) is 83.0 Å². The number of nitrogens with two attached hydrogens (primary N) is 2. The van der Waals surface area contributed by atoms with E-state index in [0.717, 1.165) is 27.8 Å². The smallest absolute Gasteiger partial charge is 0.252 e. The predicted octanol–water partition coefficient (Wildman–Crippen LogP) is 2.87. The Kier molecular flexibility index (Phi) is 6.15. The summed E-state index contributed by atoms with van der Waals surface area (Å²) in [4.78, 5) is 12.8. The molecule has 5 N–H and O–H groups in total. The summed E-state index contributed by atoms with van der Waals surface area (Å²) >= 11 is 0. The van der Waals surface area contributed by atoms with Gasteiger partial charge < -0.3 is 17.0 Å². The topological polar surface area (TPSA) is 106 Å². The zero-order valence-corrected chi connectivity index (χ0v) is 15.2. The Balaban J connectivity index is 1.75. The van der Waals surface area contributed by atoms with E-state index in [4.69, 9.17) is 11.7 Å². The number of hydrogen-bond acceptors (Lipinski definition) is 5. The lowest BCUT2D eigenvalue weighted by Crippen LogP contribution is -2.23. The number of carbonyl (C=O) groups excluding carboxylic acids is 1. The molecular weight excluding hydrogens is 350 g/mol. The van der Waals surface area contributed by atoms with Gasteiger partial charge in [-0.05, 0) is 33.9 Å². The van der Waals surface area contributed by atoms with E-state index in [-0.39, 0.29) is 5.91 Å². The molecule has 0 saturated heterocycles. The molecule has 0 radical (unpaired) electrons. The van der Waals surface area contributed by atoms with Gasteiger partial charge in [0.2, 0.25) is 0 Å². The molecule has 0 atom stereocenters. The molecular formula is C22H21N5O. The Hall–Kier alpha value is -3.93. The maximum atomic E-state index is 12.8. The normalized spacial score (nSPS) is 11.1. The summed E-state index contributed by atoms with van der Waals surface area (Å²) in [6.07, 6.45) is 3.15. The first-order valence-electron chi connectivity index (χ1n) is 8.74. The highest BCUT2D eigenvalue weighted by atomic mass is 16.1. The number of hydrogen-bond donors (Lipinski definition) is 3. The van der Waals surface area contributed by atoms with Crippen molar-refractivity contribution in [2.75, 3.05) is 0 Å². The zero-order chi connectivity index (χ0) is 19.8. The number of carbonyl (C=O) groups is 1. The first kappa shape index (κ1) is 18.8. The molecule has 6 nitrogen and oxygen atoms in total. The first-order chi connectivity index (χ1) is 13.7. The predicted molar refractivity (Wildman–Crippen MR) is 113 cm³/mol. The average molecular weight is 371 g/mol. The summed E-state index contributed by atoms with van der Waals surface area (Å²) < 4.78 is 0. The van der Waals surface area contributed by atoms with Crippen molar-refractivity contribution < 1.29 is 4.79 Å². The SMILES string of the molecule is NN=Cc1ccc(CNC(=O)c2ccccc2-c2ccc(C=NN)cc2)cc1. The van der Waals surface area contributed by atoms with Crippen LogP contribution >= 0.6 is 0 Å². The van der Waals surface area contributed by atoms with Crippen molar-refractivity contribution in [1.29, 1.82) is 0 Å². The quantitative estimate of drug-likeness (QED) is 0.352. The monoisotopic (exact) mass is 371 g/mol. The molecule has 0 saturated carbocycles. The van der Waals surface area contributed by atoms with Gasteiger partial charge in [0.05, 0.1) is 12.4 Å². The van der Waals surface area contributed by atoms with E-state index in [1.165, 1.54) is 0 Å². The minimum atomic E-state index is -0.129. The highest BCUT2D eigenvalue weighted by Crippen LogP contribution is 2.24. The van der Waals surface area contributed by atoms with E-state index >= 15 is 0 Å². The van der Waals surface area contributed by atoms with Crippen LogP contribution < -0.4 is 17.0 Å². The van der Waals surface area contributed by atoms with Crippen molar-refractivity contribution in [2.24, 2.45) is 21.9 Å². The zero-order valence-electron chi connectivity index (χ0n) is 15.2. The van der Waals surface area contributed by atoms with E-state index in [9.17, 15) is 4.79 Å². The van der Waals surface area contributed by atoms with Crippen LogP contribution in [0.2, 0.25) is 0 Å². The van der Waals surface area contributed by atoms with Crippen LogP contribution in [0, 0.1) is 0 Å². The number of amides is 1. The fourth-order valence-corrected chi connectivity index (χ4v) is 2.85. The molecule has 0 aromatic heterocycles. The third kappa shape index (κ3) is 4.62. The second-order valence-electron chi connectivity index (χ2n) is 6.15. The van der Waals surface area contributed by atoms with Gasteiger partial charge >= 0.3 is 0 Å². The van der Waals surface area contributed by atoms with Crippen LogP contribution in [-0.4, -0.2) is 18.3 Å². The third-order valence-corrected chi connectivity index (χ3v) is 4.27. The van der Waals surface area contributed by atoms with E-state index in [0.29, 0.717) is 12.1 Å². The maximum absolute atomic E-state index is 12.8. The summed E-state index contributed by atoms with van der Waals surface area (Å²) in [5.74, 6) is 10.2. The Morgan fingerprint density at radius 3 is 2.00 bits per heavy atom. The molecule has 0 aliphatic carbocycles. The number of benzene rings is 3. The van der Waals surface area contributed by atoms with Crippen LogP contribution in [0.3, 0.4) is 0 Å². The second-order valence-corrected chi connectivity index (χ2v) is 6.15. The van der Waals surface area contributed by atoms with Crippen LogP contribution in [0.5, 0.6) is 0 Å². The van der Waals surface area contributed by atoms with Gasteiger partial charge in [-0.15, -0.1) is 0 Å². The number of nitrogens with zero attached hydrogens (tertiary/aromatic N) is 2. The highest BCUT2D eigenvalue weighted by molar-refractivity contribution is 6.01. The average Bonchev–Trinajstić information content (AvgIpc) is 2.74. The lowest BCUT2D eigenvalue weighted by atomic mass is 9.98.